The molecular weight excluding hydrogens is 323 g/mol. The van der Waals surface area contributed by atoms with Crippen LogP contribution in [0.4, 0.5) is 10.1 Å². The highest BCUT2D eigenvalue weighted by molar-refractivity contribution is 7.85. The number of benzene rings is 2. The molecule has 2 rings (SSSR count). The molecule has 0 heterocycles. The first kappa shape index (κ1) is 16.8. The second-order valence-electron chi connectivity index (χ2n) is 4.54. The van der Waals surface area contributed by atoms with E-state index in [0.29, 0.717) is 4.90 Å². The Kier molecular flexibility index (Phi) is 5.53. The minimum absolute atomic E-state index is 0.0496. The van der Waals surface area contributed by atoms with E-state index in [0.717, 1.165) is 18.2 Å². The maximum Gasteiger partial charge on any atom is 0.282 e. The molecule has 8 heteroatoms. The summed E-state index contributed by atoms with van der Waals surface area (Å²) in [6.45, 7) is 0.0496. The van der Waals surface area contributed by atoms with Crippen LogP contribution < -0.4 is 5.32 Å². The summed E-state index contributed by atoms with van der Waals surface area (Å²) in [5.74, 6) is -1.37. The van der Waals surface area contributed by atoms with Crippen LogP contribution in [-0.2, 0) is 10.8 Å². The van der Waals surface area contributed by atoms with Crippen LogP contribution in [0.2, 0.25) is 0 Å². The number of nitrogens with zero attached hydrogens (tertiary/aromatic N) is 1. The lowest BCUT2D eigenvalue weighted by molar-refractivity contribution is -0.385. The molecule has 0 radical (unpaired) electrons. The molecule has 1 atom stereocenters. The van der Waals surface area contributed by atoms with Crippen LogP contribution in [0.3, 0.4) is 0 Å². The smallest absolute Gasteiger partial charge is 0.282 e. The third-order valence-corrected chi connectivity index (χ3v) is 4.35. The number of halogens is 1. The van der Waals surface area contributed by atoms with Crippen molar-refractivity contribution in [2.45, 2.75) is 4.90 Å². The van der Waals surface area contributed by atoms with Gasteiger partial charge in [-0.15, -0.1) is 0 Å². The zero-order valence-electron chi connectivity index (χ0n) is 11.9. The first-order chi connectivity index (χ1) is 11.0. The van der Waals surface area contributed by atoms with Gasteiger partial charge in [0.25, 0.3) is 11.6 Å². The zero-order valence-corrected chi connectivity index (χ0v) is 12.7. The number of amides is 1. The lowest BCUT2D eigenvalue weighted by Gasteiger charge is -2.06. The van der Waals surface area contributed by atoms with Crippen molar-refractivity contribution in [1.82, 2.24) is 5.32 Å². The van der Waals surface area contributed by atoms with Gasteiger partial charge in [-0.3, -0.25) is 19.1 Å². The van der Waals surface area contributed by atoms with E-state index >= 15 is 0 Å². The van der Waals surface area contributed by atoms with Gasteiger partial charge in [0.15, 0.2) is 0 Å². The summed E-state index contributed by atoms with van der Waals surface area (Å²) in [6.07, 6.45) is 0. The van der Waals surface area contributed by atoms with Gasteiger partial charge >= 0.3 is 0 Å². The number of hydrogen-bond donors (Lipinski definition) is 1. The fourth-order valence-electron chi connectivity index (χ4n) is 1.89. The molecule has 0 saturated heterocycles. The molecule has 0 saturated carbocycles. The number of nitrogens with one attached hydrogen (secondary N) is 1. The van der Waals surface area contributed by atoms with Gasteiger partial charge in [0, 0.05) is 23.3 Å². The second kappa shape index (κ2) is 7.59. The number of rotatable bonds is 6. The highest BCUT2D eigenvalue weighted by atomic mass is 32.2. The normalized spacial score (nSPS) is 11.7. The predicted octanol–water partition coefficient (Wildman–Crippen LogP) is 2.27. The third kappa shape index (κ3) is 4.43. The van der Waals surface area contributed by atoms with Gasteiger partial charge in [-0.25, -0.2) is 4.39 Å². The topological polar surface area (TPSA) is 89.3 Å². The summed E-state index contributed by atoms with van der Waals surface area (Å²) >= 11 is 0. The number of nitro groups is 1. The van der Waals surface area contributed by atoms with Gasteiger partial charge < -0.3 is 5.32 Å². The van der Waals surface area contributed by atoms with E-state index < -0.39 is 33.1 Å². The molecule has 2 aromatic carbocycles. The Morgan fingerprint density at radius 2 is 1.91 bits per heavy atom. The van der Waals surface area contributed by atoms with E-state index in [9.17, 15) is 23.5 Å². The third-order valence-electron chi connectivity index (χ3n) is 2.98. The highest BCUT2D eigenvalue weighted by Gasteiger charge is 2.20. The Bertz CT molecular complexity index is 752. The van der Waals surface area contributed by atoms with Gasteiger partial charge in [-0.1, -0.05) is 18.2 Å². The maximum absolute atomic E-state index is 13.2. The van der Waals surface area contributed by atoms with Crippen LogP contribution in [-0.4, -0.2) is 27.3 Å². The minimum Gasteiger partial charge on any atom is -0.351 e. The molecule has 0 aliphatic heterocycles. The first-order valence-corrected chi connectivity index (χ1v) is 7.96. The number of carbonyl (C=O) groups is 1. The molecule has 0 aromatic heterocycles. The summed E-state index contributed by atoms with van der Waals surface area (Å²) in [6, 6.07) is 11.4. The molecule has 1 N–H and O–H groups in total. The fourth-order valence-corrected chi connectivity index (χ4v) is 2.88. The quantitative estimate of drug-likeness (QED) is 0.647. The fraction of sp³-hybridized carbons (Fsp3) is 0.133. The predicted molar refractivity (Wildman–Crippen MR) is 83.1 cm³/mol. The Morgan fingerprint density at radius 3 is 2.57 bits per heavy atom. The Morgan fingerprint density at radius 1 is 1.22 bits per heavy atom. The standard InChI is InChI=1S/C15H13FN2O4S/c16-11-6-7-14(18(20)21)13(10-11)15(19)17-8-9-23(22)12-4-2-1-3-5-12/h1-7,10H,8-9H2,(H,17,19)/t23-/m1/s1. The molecule has 0 bridgehead atoms. The van der Waals surface area contributed by atoms with Crippen molar-refractivity contribution in [3.63, 3.8) is 0 Å². The zero-order chi connectivity index (χ0) is 16.8. The number of carbonyl (C=O) groups excluding carboxylic acids is 1. The molecule has 0 fully saturated rings. The summed E-state index contributed by atoms with van der Waals surface area (Å²) in [5, 5.41) is 13.3. The molecule has 0 unspecified atom stereocenters. The molecular formula is C15H13FN2O4S. The highest BCUT2D eigenvalue weighted by Crippen LogP contribution is 2.19. The monoisotopic (exact) mass is 336 g/mol. The Balaban J connectivity index is 1.99. The SMILES string of the molecule is O=C(NCC[S@@](=O)c1ccccc1)c1cc(F)ccc1[N+](=O)[O-]. The van der Waals surface area contributed by atoms with Crippen LogP contribution in [0, 0.1) is 15.9 Å². The summed E-state index contributed by atoms with van der Waals surface area (Å²) in [4.78, 5) is 22.7. The molecule has 0 spiro atoms. The summed E-state index contributed by atoms with van der Waals surface area (Å²) < 4.78 is 25.2. The van der Waals surface area contributed by atoms with Gasteiger partial charge in [0.05, 0.1) is 15.7 Å². The number of hydrogen-bond acceptors (Lipinski definition) is 4. The molecule has 0 aliphatic rings. The van der Waals surface area contributed by atoms with Crippen LogP contribution in [0.15, 0.2) is 53.4 Å². The van der Waals surface area contributed by atoms with Crippen LogP contribution >= 0.6 is 0 Å². The van der Waals surface area contributed by atoms with Crippen LogP contribution in [0.25, 0.3) is 0 Å². The second-order valence-corrected chi connectivity index (χ2v) is 6.11. The van der Waals surface area contributed by atoms with Crippen molar-refractivity contribution in [1.29, 1.82) is 0 Å². The maximum atomic E-state index is 13.2. The average Bonchev–Trinajstić information content (AvgIpc) is 2.55. The molecule has 23 heavy (non-hydrogen) atoms. The average molecular weight is 336 g/mol. The van der Waals surface area contributed by atoms with Gasteiger partial charge in [-0.2, -0.15) is 0 Å². The lowest BCUT2D eigenvalue weighted by Crippen LogP contribution is -2.28. The summed E-state index contributed by atoms with van der Waals surface area (Å²) in [5.41, 5.74) is -0.839. The molecule has 1 amide bonds. The van der Waals surface area contributed by atoms with Crippen molar-refractivity contribution in [2.24, 2.45) is 0 Å². The van der Waals surface area contributed by atoms with Crippen LogP contribution in [0.1, 0.15) is 10.4 Å². The van der Waals surface area contributed by atoms with E-state index in [2.05, 4.69) is 5.32 Å². The van der Waals surface area contributed by atoms with Crippen molar-refractivity contribution >= 4 is 22.4 Å². The minimum atomic E-state index is -1.30. The van der Waals surface area contributed by atoms with E-state index in [1.807, 2.05) is 0 Å². The molecule has 120 valence electrons. The van der Waals surface area contributed by atoms with Gasteiger partial charge in [0.1, 0.15) is 11.4 Å². The van der Waals surface area contributed by atoms with Gasteiger partial charge in [-0.05, 0) is 24.3 Å². The van der Waals surface area contributed by atoms with Gasteiger partial charge in [0.2, 0.25) is 0 Å². The van der Waals surface area contributed by atoms with Crippen LogP contribution in [0.5, 0.6) is 0 Å². The van der Waals surface area contributed by atoms with E-state index in [1.165, 1.54) is 0 Å². The lowest BCUT2D eigenvalue weighted by atomic mass is 10.1. The summed E-state index contributed by atoms with van der Waals surface area (Å²) in [7, 11) is -1.30. The molecule has 6 nitrogen and oxygen atoms in total. The van der Waals surface area contributed by atoms with Crippen molar-refractivity contribution in [3.8, 4) is 0 Å². The largest absolute Gasteiger partial charge is 0.351 e. The molecule has 0 aliphatic carbocycles. The van der Waals surface area contributed by atoms with Crippen molar-refractivity contribution in [2.75, 3.05) is 12.3 Å². The number of nitro benzene ring substituents is 1. The Hall–Kier alpha value is -2.61. The van der Waals surface area contributed by atoms with E-state index in [-0.39, 0.29) is 17.9 Å². The van der Waals surface area contributed by atoms with E-state index in [4.69, 9.17) is 0 Å². The van der Waals surface area contributed by atoms with Crippen molar-refractivity contribution < 1.29 is 18.3 Å². The molecule has 2 aromatic rings. The van der Waals surface area contributed by atoms with Crippen molar-refractivity contribution in [3.05, 3.63) is 70.0 Å². The van der Waals surface area contributed by atoms with E-state index in [1.54, 1.807) is 30.3 Å². The Labute approximate surface area is 133 Å². The first-order valence-electron chi connectivity index (χ1n) is 6.64.